The first-order chi connectivity index (χ1) is 10.5. The maximum Gasteiger partial charge on any atom is 0.251 e. The highest BCUT2D eigenvalue weighted by atomic mass is 35.5. The molecule has 0 spiro atoms. The Labute approximate surface area is 137 Å². The number of carbonyl (C=O) groups is 1. The molecule has 112 valence electrons. The van der Waals surface area contributed by atoms with Crippen molar-refractivity contribution in [3.8, 4) is 0 Å². The Morgan fingerprint density at radius 2 is 2.09 bits per heavy atom. The van der Waals surface area contributed by atoms with E-state index in [1.54, 1.807) is 18.2 Å². The Balaban J connectivity index is 1.74. The number of carbonyl (C=O) groups excluding carboxylic acids is 1. The minimum Gasteiger partial charge on any atom is -0.346 e. The van der Waals surface area contributed by atoms with Crippen LogP contribution in [0.15, 0.2) is 42.7 Å². The van der Waals surface area contributed by atoms with Gasteiger partial charge in [0.25, 0.3) is 5.91 Å². The molecule has 3 rings (SSSR count). The van der Waals surface area contributed by atoms with Gasteiger partial charge < -0.3 is 9.72 Å². The Bertz CT molecular complexity index is 858. The molecule has 0 bridgehead atoms. The number of imidazole rings is 1. The normalized spacial score (nSPS) is 10.9. The van der Waals surface area contributed by atoms with E-state index in [9.17, 15) is 4.79 Å². The van der Waals surface area contributed by atoms with Crippen LogP contribution in [-0.4, -0.2) is 15.3 Å². The number of fused-ring (bicyclic) bond motifs is 1. The number of benzene rings is 1. The van der Waals surface area contributed by atoms with E-state index in [0.29, 0.717) is 22.2 Å². The molecule has 0 radical (unpaired) electrons. The highest BCUT2D eigenvalue weighted by Gasteiger charge is 2.09. The van der Waals surface area contributed by atoms with Crippen molar-refractivity contribution in [1.82, 2.24) is 14.7 Å². The molecule has 0 saturated carbocycles. The molecule has 0 unspecified atom stereocenters. The van der Waals surface area contributed by atoms with E-state index in [1.165, 1.54) is 0 Å². The molecule has 0 aliphatic heterocycles. The SMILES string of the molecule is Cc1cccn2cc(CNC(=O)c3ccc(Cl)c(Cl)c3)nc12. The number of aryl methyl sites for hydroxylation is 1. The van der Waals surface area contributed by atoms with Crippen molar-refractivity contribution in [1.29, 1.82) is 0 Å². The quantitative estimate of drug-likeness (QED) is 0.790. The highest BCUT2D eigenvalue weighted by molar-refractivity contribution is 6.42. The van der Waals surface area contributed by atoms with Gasteiger partial charge in [0.05, 0.1) is 22.3 Å². The number of nitrogens with zero attached hydrogens (tertiary/aromatic N) is 2. The topological polar surface area (TPSA) is 46.4 Å². The zero-order chi connectivity index (χ0) is 15.7. The van der Waals surface area contributed by atoms with Gasteiger partial charge in [-0.15, -0.1) is 0 Å². The van der Waals surface area contributed by atoms with Gasteiger partial charge >= 0.3 is 0 Å². The molecule has 6 heteroatoms. The predicted octanol–water partition coefficient (Wildman–Crippen LogP) is 3.88. The minimum atomic E-state index is -0.215. The Morgan fingerprint density at radius 1 is 1.27 bits per heavy atom. The number of nitrogens with one attached hydrogen (secondary N) is 1. The number of hydrogen-bond acceptors (Lipinski definition) is 2. The van der Waals surface area contributed by atoms with E-state index < -0.39 is 0 Å². The van der Waals surface area contributed by atoms with Crippen LogP contribution >= 0.6 is 23.2 Å². The monoisotopic (exact) mass is 333 g/mol. The van der Waals surface area contributed by atoms with Crippen LogP contribution < -0.4 is 5.32 Å². The van der Waals surface area contributed by atoms with E-state index in [-0.39, 0.29) is 5.91 Å². The first-order valence-corrected chi connectivity index (χ1v) is 7.46. The maximum atomic E-state index is 12.1. The summed E-state index contributed by atoms with van der Waals surface area (Å²) < 4.78 is 1.94. The van der Waals surface area contributed by atoms with Gasteiger partial charge in [-0.2, -0.15) is 0 Å². The lowest BCUT2D eigenvalue weighted by Gasteiger charge is -2.04. The molecule has 3 aromatic rings. The zero-order valence-electron chi connectivity index (χ0n) is 11.8. The summed E-state index contributed by atoms with van der Waals surface area (Å²) in [5.41, 5.74) is 3.24. The van der Waals surface area contributed by atoms with Gasteiger partial charge in [-0.1, -0.05) is 29.3 Å². The summed E-state index contributed by atoms with van der Waals surface area (Å²) in [6.45, 7) is 2.35. The van der Waals surface area contributed by atoms with Crippen LogP contribution in [0, 0.1) is 6.92 Å². The Hall–Kier alpha value is -2.04. The molecule has 0 atom stereocenters. The van der Waals surface area contributed by atoms with E-state index in [1.807, 2.05) is 35.9 Å². The fourth-order valence-electron chi connectivity index (χ4n) is 2.20. The largest absolute Gasteiger partial charge is 0.346 e. The minimum absolute atomic E-state index is 0.215. The van der Waals surface area contributed by atoms with Crippen molar-refractivity contribution in [3.05, 3.63) is 69.6 Å². The molecule has 4 nitrogen and oxygen atoms in total. The molecule has 0 fully saturated rings. The summed E-state index contributed by atoms with van der Waals surface area (Å²) in [5, 5.41) is 3.61. The van der Waals surface area contributed by atoms with Crippen molar-refractivity contribution >= 4 is 34.8 Å². The van der Waals surface area contributed by atoms with E-state index >= 15 is 0 Å². The third-order valence-corrected chi connectivity index (χ3v) is 4.08. The number of halogens is 2. The molecule has 2 heterocycles. The Kier molecular flexibility index (Phi) is 4.05. The average Bonchev–Trinajstić information content (AvgIpc) is 2.92. The third-order valence-electron chi connectivity index (χ3n) is 3.34. The van der Waals surface area contributed by atoms with Gasteiger partial charge in [0, 0.05) is 18.0 Å². The van der Waals surface area contributed by atoms with Crippen LogP contribution in [0.4, 0.5) is 0 Å². The lowest BCUT2D eigenvalue weighted by Crippen LogP contribution is -2.22. The number of rotatable bonds is 3. The average molecular weight is 334 g/mol. The smallest absolute Gasteiger partial charge is 0.251 e. The number of amides is 1. The fourth-order valence-corrected chi connectivity index (χ4v) is 2.50. The van der Waals surface area contributed by atoms with E-state index in [2.05, 4.69) is 10.3 Å². The van der Waals surface area contributed by atoms with Crippen molar-refractivity contribution < 1.29 is 4.79 Å². The first kappa shape index (κ1) is 14.9. The number of pyridine rings is 1. The molecular formula is C16H13Cl2N3O. The summed E-state index contributed by atoms with van der Waals surface area (Å²) >= 11 is 11.8. The summed E-state index contributed by atoms with van der Waals surface area (Å²) in [6, 6.07) is 8.75. The van der Waals surface area contributed by atoms with Gasteiger partial charge in [-0.3, -0.25) is 4.79 Å². The van der Waals surface area contributed by atoms with Crippen LogP contribution in [0.3, 0.4) is 0 Å². The highest BCUT2D eigenvalue weighted by Crippen LogP contribution is 2.22. The van der Waals surface area contributed by atoms with Gasteiger partial charge in [0.1, 0.15) is 5.65 Å². The summed E-state index contributed by atoms with van der Waals surface area (Å²) in [5.74, 6) is -0.215. The van der Waals surface area contributed by atoms with Crippen molar-refractivity contribution in [2.75, 3.05) is 0 Å². The first-order valence-electron chi connectivity index (χ1n) is 6.71. The van der Waals surface area contributed by atoms with Gasteiger partial charge in [-0.05, 0) is 36.8 Å². The maximum absolute atomic E-state index is 12.1. The van der Waals surface area contributed by atoms with Gasteiger partial charge in [0.2, 0.25) is 0 Å². The van der Waals surface area contributed by atoms with Crippen LogP contribution in [0.25, 0.3) is 5.65 Å². The van der Waals surface area contributed by atoms with Crippen LogP contribution in [-0.2, 0) is 6.54 Å². The third kappa shape index (κ3) is 2.93. The zero-order valence-corrected chi connectivity index (χ0v) is 13.3. The number of hydrogen-bond donors (Lipinski definition) is 1. The lowest BCUT2D eigenvalue weighted by molar-refractivity contribution is 0.0950. The molecule has 1 N–H and O–H groups in total. The summed E-state index contributed by atoms with van der Waals surface area (Å²) in [6.07, 6.45) is 3.83. The molecular weight excluding hydrogens is 321 g/mol. The molecule has 1 aromatic carbocycles. The molecule has 0 aliphatic carbocycles. The van der Waals surface area contributed by atoms with E-state index in [4.69, 9.17) is 23.2 Å². The van der Waals surface area contributed by atoms with Crippen LogP contribution in [0.2, 0.25) is 10.0 Å². The predicted molar refractivity (Wildman–Crippen MR) is 87.6 cm³/mol. The second-order valence-corrected chi connectivity index (χ2v) is 5.78. The van der Waals surface area contributed by atoms with Crippen LogP contribution in [0.5, 0.6) is 0 Å². The lowest BCUT2D eigenvalue weighted by atomic mass is 10.2. The standard InChI is InChI=1S/C16H13Cl2N3O/c1-10-3-2-6-21-9-12(20-15(10)21)8-19-16(22)11-4-5-13(17)14(18)7-11/h2-7,9H,8H2,1H3,(H,19,22). The Morgan fingerprint density at radius 3 is 2.82 bits per heavy atom. The van der Waals surface area contributed by atoms with Gasteiger partial charge in [0.15, 0.2) is 0 Å². The van der Waals surface area contributed by atoms with E-state index in [0.717, 1.165) is 16.9 Å². The van der Waals surface area contributed by atoms with Crippen molar-refractivity contribution in [3.63, 3.8) is 0 Å². The molecule has 2 aromatic heterocycles. The molecule has 1 amide bonds. The van der Waals surface area contributed by atoms with Crippen molar-refractivity contribution in [2.24, 2.45) is 0 Å². The molecule has 22 heavy (non-hydrogen) atoms. The second-order valence-electron chi connectivity index (χ2n) is 4.97. The molecule has 0 saturated heterocycles. The second kappa shape index (κ2) is 5.99. The fraction of sp³-hybridized carbons (Fsp3) is 0.125. The summed E-state index contributed by atoms with van der Waals surface area (Å²) in [7, 11) is 0. The van der Waals surface area contributed by atoms with Crippen LogP contribution in [0.1, 0.15) is 21.6 Å². The summed E-state index contributed by atoms with van der Waals surface area (Å²) in [4.78, 5) is 16.6. The molecule has 0 aliphatic rings. The number of aromatic nitrogens is 2. The van der Waals surface area contributed by atoms with Gasteiger partial charge in [-0.25, -0.2) is 4.98 Å². The van der Waals surface area contributed by atoms with Crippen molar-refractivity contribution in [2.45, 2.75) is 13.5 Å².